The van der Waals surface area contributed by atoms with Gasteiger partial charge >= 0.3 is 0 Å². The van der Waals surface area contributed by atoms with Crippen LogP contribution in [0.4, 0.5) is 0 Å². The topological polar surface area (TPSA) is 62.7 Å². The van der Waals surface area contributed by atoms with Crippen LogP contribution in [0, 0.1) is 8.34 Å². The molecule has 0 unspecified atom stereocenters. The van der Waals surface area contributed by atoms with Gasteiger partial charge in [0.25, 0.3) is 5.91 Å². The van der Waals surface area contributed by atoms with Gasteiger partial charge in [0.05, 0.1) is 6.54 Å². The number of hydrogen-bond acceptors (Lipinski definition) is 3. The molecule has 20 heavy (non-hydrogen) atoms. The quantitative estimate of drug-likeness (QED) is 0.613. The first-order valence-corrected chi connectivity index (χ1v) is 7.83. The van der Waals surface area contributed by atoms with Gasteiger partial charge in [0.2, 0.25) is 0 Å². The van der Waals surface area contributed by atoms with Gasteiger partial charge in [0.15, 0.2) is 10.6 Å². The SMILES string of the molecule is O=C(NCc1n[nH]c(=S)n1C1CC1)c1ccc(I)cc1. The van der Waals surface area contributed by atoms with Crippen molar-refractivity contribution >= 4 is 40.7 Å². The Morgan fingerprint density at radius 1 is 1.45 bits per heavy atom. The van der Waals surface area contributed by atoms with Gasteiger partial charge in [0.1, 0.15) is 0 Å². The summed E-state index contributed by atoms with van der Waals surface area (Å²) in [6.45, 7) is 0.383. The third-order valence-electron chi connectivity index (χ3n) is 3.20. The lowest BCUT2D eigenvalue weighted by Crippen LogP contribution is -2.24. The van der Waals surface area contributed by atoms with Crippen molar-refractivity contribution in [2.24, 2.45) is 0 Å². The van der Waals surface area contributed by atoms with Crippen LogP contribution < -0.4 is 5.32 Å². The first-order valence-electron chi connectivity index (χ1n) is 6.34. The van der Waals surface area contributed by atoms with Crippen LogP contribution in [0.2, 0.25) is 0 Å². The van der Waals surface area contributed by atoms with Crippen molar-refractivity contribution in [2.45, 2.75) is 25.4 Å². The second kappa shape index (κ2) is 5.65. The van der Waals surface area contributed by atoms with Crippen molar-refractivity contribution in [3.8, 4) is 0 Å². The summed E-state index contributed by atoms with van der Waals surface area (Å²) in [5.41, 5.74) is 0.650. The predicted octanol–water partition coefficient (Wildman–Crippen LogP) is 2.81. The summed E-state index contributed by atoms with van der Waals surface area (Å²) < 4.78 is 3.74. The lowest BCUT2D eigenvalue weighted by molar-refractivity contribution is 0.0949. The molecule has 1 aliphatic rings. The van der Waals surface area contributed by atoms with Gasteiger partial charge in [-0.25, -0.2) is 0 Å². The summed E-state index contributed by atoms with van der Waals surface area (Å²) in [5.74, 6) is 0.689. The zero-order valence-electron chi connectivity index (χ0n) is 10.6. The summed E-state index contributed by atoms with van der Waals surface area (Å²) in [6, 6.07) is 7.90. The minimum absolute atomic E-state index is 0.0994. The van der Waals surface area contributed by atoms with Crippen LogP contribution >= 0.6 is 34.8 Å². The molecule has 104 valence electrons. The van der Waals surface area contributed by atoms with E-state index >= 15 is 0 Å². The molecule has 1 aromatic heterocycles. The van der Waals surface area contributed by atoms with Gasteiger partial charge in [-0.05, 0) is 71.9 Å². The van der Waals surface area contributed by atoms with Crippen LogP contribution in [-0.4, -0.2) is 20.7 Å². The van der Waals surface area contributed by atoms with Crippen molar-refractivity contribution in [3.63, 3.8) is 0 Å². The van der Waals surface area contributed by atoms with Crippen molar-refractivity contribution in [1.82, 2.24) is 20.1 Å². The highest BCUT2D eigenvalue weighted by molar-refractivity contribution is 14.1. The number of benzene rings is 1. The molecule has 0 spiro atoms. The van der Waals surface area contributed by atoms with Crippen molar-refractivity contribution in [1.29, 1.82) is 0 Å². The maximum absolute atomic E-state index is 12.0. The summed E-state index contributed by atoms with van der Waals surface area (Å²) >= 11 is 7.42. The van der Waals surface area contributed by atoms with E-state index in [-0.39, 0.29) is 5.91 Å². The first kappa shape index (κ1) is 13.7. The van der Waals surface area contributed by atoms with Gasteiger partial charge in [-0.1, -0.05) is 0 Å². The molecule has 0 radical (unpaired) electrons. The lowest BCUT2D eigenvalue weighted by atomic mass is 10.2. The molecule has 0 bridgehead atoms. The highest BCUT2D eigenvalue weighted by atomic mass is 127. The molecule has 2 aromatic rings. The molecule has 1 aliphatic carbocycles. The smallest absolute Gasteiger partial charge is 0.251 e. The molecular weight excluding hydrogens is 387 g/mol. The Labute approximate surface area is 134 Å². The van der Waals surface area contributed by atoms with E-state index in [1.165, 1.54) is 0 Å². The van der Waals surface area contributed by atoms with Gasteiger partial charge in [-0.2, -0.15) is 5.10 Å². The minimum atomic E-state index is -0.0994. The third-order valence-corrected chi connectivity index (χ3v) is 4.21. The van der Waals surface area contributed by atoms with E-state index in [1.54, 1.807) is 0 Å². The molecule has 0 saturated heterocycles. The number of hydrogen-bond donors (Lipinski definition) is 2. The predicted molar refractivity (Wildman–Crippen MR) is 86.0 cm³/mol. The van der Waals surface area contributed by atoms with Crippen LogP contribution in [0.25, 0.3) is 0 Å². The van der Waals surface area contributed by atoms with Gasteiger partial charge < -0.3 is 5.32 Å². The molecular formula is C13H13IN4OS. The third kappa shape index (κ3) is 2.93. The fourth-order valence-corrected chi connectivity index (χ4v) is 2.69. The maximum atomic E-state index is 12.0. The fraction of sp³-hybridized carbons (Fsp3) is 0.308. The van der Waals surface area contributed by atoms with E-state index in [1.807, 2.05) is 28.8 Å². The Morgan fingerprint density at radius 3 is 2.80 bits per heavy atom. The highest BCUT2D eigenvalue weighted by Gasteiger charge is 2.27. The zero-order valence-corrected chi connectivity index (χ0v) is 13.6. The van der Waals surface area contributed by atoms with Crippen LogP contribution in [0.1, 0.15) is 35.1 Å². The summed E-state index contributed by atoms with van der Waals surface area (Å²) in [5, 5.41) is 9.86. The number of aromatic amines is 1. The first-order chi connectivity index (χ1) is 9.65. The largest absolute Gasteiger partial charge is 0.345 e. The van der Waals surface area contributed by atoms with E-state index in [0.717, 1.165) is 22.2 Å². The Hall–Kier alpha value is -1.22. The average Bonchev–Trinajstić information content (AvgIpc) is 3.21. The van der Waals surface area contributed by atoms with E-state index in [2.05, 4.69) is 38.1 Å². The summed E-state index contributed by atoms with van der Waals surface area (Å²) in [4.78, 5) is 12.0. The zero-order chi connectivity index (χ0) is 14.1. The van der Waals surface area contributed by atoms with Crippen molar-refractivity contribution in [3.05, 3.63) is 44.0 Å². The highest BCUT2D eigenvalue weighted by Crippen LogP contribution is 2.35. The molecule has 0 atom stereocenters. The molecule has 1 heterocycles. The number of halogens is 1. The number of nitrogens with one attached hydrogen (secondary N) is 2. The lowest BCUT2D eigenvalue weighted by Gasteiger charge is -2.07. The van der Waals surface area contributed by atoms with Gasteiger partial charge in [-0.15, -0.1) is 0 Å². The monoisotopic (exact) mass is 400 g/mol. The Bertz CT molecular complexity index is 687. The molecule has 0 aliphatic heterocycles. The van der Waals surface area contributed by atoms with Gasteiger partial charge in [0, 0.05) is 15.2 Å². The molecule has 1 saturated carbocycles. The fourth-order valence-electron chi connectivity index (χ4n) is 2.03. The second-order valence-electron chi connectivity index (χ2n) is 4.74. The Kier molecular flexibility index (Phi) is 3.88. The van der Waals surface area contributed by atoms with Crippen molar-refractivity contribution in [2.75, 3.05) is 0 Å². The number of carbonyl (C=O) groups is 1. The minimum Gasteiger partial charge on any atom is -0.345 e. The number of rotatable bonds is 4. The number of amides is 1. The van der Waals surface area contributed by atoms with Crippen LogP contribution in [0.3, 0.4) is 0 Å². The molecule has 3 rings (SSSR count). The normalized spacial score (nSPS) is 14.2. The second-order valence-corrected chi connectivity index (χ2v) is 6.37. The Morgan fingerprint density at radius 2 is 2.15 bits per heavy atom. The van der Waals surface area contributed by atoms with Crippen LogP contribution in [0.15, 0.2) is 24.3 Å². The van der Waals surface area contributed by atoms with E-state index in [9.17, 15) is 4.79 Å². The molecule has 1 aromatic carbocycles. The summed E-state index contributed by atoms with van der Waals surface area (Å²) in [7, 11) is 0. The average molecular weight is 400 g/mol. The number of H-pyrrole nitrogens is 1. The number of carbonyl (C=O) groups excluding carboxylic acids is 1. The molecule has 2 N–H and O–H groups in total. The van der Waals surface area contributed by atoms with Crippen molar-refractivity contribution < 1.29 is 4.79 Å². The van der Waals surface area contributed by atoms with E-state index in [0.29, 0.717) is 22.9 Å². The van der Waals surface area contributed by atoms with Gasteiger partial charge in [-0.3, -0.25) is 14.5 Å². The molecule has 5 nitrogen and oxygen atoms in total. The van der Waals surface area contributed by atoms with E-state index in [4.69, 9.17) is 12.2 Å². The van der Waals surface area contributed by atoms with Crippen LogP contribution in [0.5, 0.6) is 0 Å². The summed E-state index contributed by atoms with van der Waals surface area (Å²) in [6.07, 6.45) is 2.26. The molecule has 1 fully saturated rings. The number of aromatic nitrogens is 3. The maximum Gasteiger partial charge on any atom is 0.251 e. The standard InChI is InChI=1S/C13H13IN4OS/c14-9-3-1-8(2-4-9)12(19)15-7-11-16-17-13(20)18(11)10-5-6-10/h1-4,10H,5-7H2,(H,15,19)(H,17,20). The Balaban J connectivity index is 1.69. The number of nitrogens with zero attached hydrogens (tertiary/aromatic N) is 2. The van der Waals surface area contributed by atoms with E-state index < -0.39 is 0 Å². The van der Waals surface area contributed by atoms with Crippen LogP contribution in [-0.2, 0) is 6.54 Å². The molecule has 7 heteroatoms. The molecule has 1 amide bonds.